The number of hydrogen-bond donors (Lipinski definition) is 0. The first kappa shape index (κ1) is 17.2. The molecule has 2 aliphatic heterocycles. The van der Waals surface area contributed by atoms with Crippen molar-refractivity contribution < 1.29 is 13.2 Å². The molecule has 2 heterocycles. The quantitative estimate of drug-likeness (QED) is 0.830. The van der Waals surface area contributed by atoms with E-state index in [0.717, 1.165) is 37.9 Å². The van der Waals surface area contributed by atoms with E-state index in [1.165, 1.54) is 5.56 Å². The Bertz CT molecular complexity index is 902. The Kier molecular flexibility index (Phi) is 4.78. The van der Waals surface area contributed by atoms with Crippen LogP contribution in [0.1, 0.15) is 24.0 Å². The highest BCUT2D eigenvalue weighted by Gasteiger charge is 2.33. The first-order valence-corrected chi connectivity index (χ1v) is 10.4. The molecule has 0 bridgehead atoms. The second-order valence-corrected chi connectivity index (χ2v) is 8.25. The normalized spacial score (nSPS) is 19.2. The van der Waals surface area contributed by atoms with Gasteiger partial charge < -0.3 is 9.64 Å². The van der Waals surface area contributed by atoms with Crippen molar-refractivity contribution in [2.45, 2.75) is 30.3 Å². The molecule has 0 radical (unpaired) electrons. The second kappa shape index (κ2) is 7.21. The number of likely N-dealkylation sites (tertiary alicyclic amines) is 1. The summed E-state index contributed by atoms with van der Waals surface area (Å²) in [5, 5.41) is 0. The van der Waals surface area contributed by atoms with Gasteiger partial charge in [-0.05, 0) is 37.0 Å². The summed E-state index contributed by atoms with van der Waals surface area (Å²) in [7, 11) is -3.55. The molecule has 6 heteroatoms. The molecule has 0 saturated carbocycles. The van der Waals surface area contributed by atoms with Gasteiger partial charge in [-0.3, -0.25) is 0 Å². The Morgan fingerprint density at radius 1 is 1.00 bits per heavy atom. The van der Waals surface area contributed by atoms with Gasteiger partial charge in [0.2, 0.25) is 0 Å². The summed E-state index contributed by atoms with van der Waals surface area (Å²) < 4.78 is 34.5. The van der Waals surface area contributed by atoms with Gasteiger partial charge >= 0.3 is 0 Å². The topological polar surface area (TPSA) is 59.0 Å². The molecule has 2 aliphatic rings. The molecule has 0 unspecified atom stereocenters. The average Bonchev–Trinajstić information content (AvgIpc) is 2.95. The monoisotopic (exact) mass is 370 g/mol. The lowest BCUT2D eigenvalue weighted by molar-refractivity contribution is 0.0211. The van der Waals surface area contributed by atoms with Gasteiger partial charge in [-0.1, -0.05) is 42.5 Å². The van der Waals surface area contributed by atoms with Crippen molar-refractivity contribution in [1.29, 1.82) is 0 Å². The van der Waals surface area contributed by atoms with Crippen LogP contribution in [0.25, 0.3) is 0 Å². The Labute approximate surface area is 154 Å². The standard InChI is InChI=1S/C20H22N2O3S/c23-26(24)19-9-5-4-8-18(19)20(21-26)22-13-10-17(11-14-22)25-15-12-16-6-2-1-3-7-16/h1-9,17H,10-15H2. The van der Waals surface area contributed by atoms with E-state index in [0.29, 0.717) is 17.3 Å². The maximum absolute atomic E-state index is 12.2. The molecule has 136 valence electrons. The lowest BCUT2D eigenvalue weighted by Gasteiger charge is -2.33. The lowest BCUT2D eigenvalue weighted by Crippen LogP contribution is -2.41. The summed E-state index contributed by atoms with van der Waals surface area (Å²) in [6, 6.07) is 17.4. The van der Waals surface area contributed by atoms with Gasteiger partial charge in [0.1, 0.15) is 4.90 Å². The molecule has 0 aliphatic carbocycles. The molecule has 0 N–H and O–H groups in total. The predicted octanol–water partition coefficient (Wildman–Crippen LogP) is 2.86. The van der Waals surface area contributed by atoms with Crippen LogP contribution in [0.5, 0.6) is 0 Å². The van der Waals surface area contributed by atoms with E-state index in [9.17, 15) is 8.42 Å². The van der Waals surface area contributed by atoms with Gasteiger partial charge in [0.25, 0.3) is 10.0 Å². The SMILES string of the molecule is O=S1(=O)N=C(N2CCC(OCCc3ccccc3)CC2)c2ccccc21. The van der Waals surface area contributed by atoms with Crippen molar-refractivity contribution in [1.82, 2.24) is 4.90 Å². The fourth-order valence-corrected chi connectivity index (χ4v) is 4.77. The highest BCUT2D eigenvalue weighted by Crippen LogP contribution is 2.29. The van der Waals surface area contributed by atoms with Crippen LogP contribution >= 0.6 is 0 Å². The van der Waals surface area contributed by atoms with Crippen molar-refractivity contribution in [3.63, 3.8) is 0 Å². The molecule has 0 atom stereocenters. The smallest absolute Gasteiger partial charge is 0.285 e. The van der Waals surface area contributed by atoms with E-state index in [-0.39, 0.29) is 6.10 Å². The maximum Gasteiger partial charge on any atom is 0.285 e. The second-order valence-electron chi connectivity index (χ2n) is 6.68. The number of sulfonamides is 1. The molecular weight excluding hydrogens is 348 g/mol. The van der Waals surface area contributed by atoms with Crippen LogP contribution in [-0.2, 0) is 21.2 Å². The van der Waals surface area contributed by atoms with Crippen LogP contribution in [-0.4, -0.2) is 45.0 Å². The molecule has 2 aromatic carbocycles. The summed E-state index contributed by atoms with van der Waals surface area (Å²) >= 11 is 0. The van der Waals surface area contributed by atoms with Gasteiger partial charge in [0, 0.05) is 18.7 Å². The highest BCUT2D eigenvalue weighted by molar-refractivity contribution is 7.90. The van der Waals surface area contributed by atoms with E-state index in [1.54, 1.807) is 12.1 Å². The van der Waals surface area contributed by atoms with Crippen molar-refractivity contribution in [3.8, 4) is 0 Å². The molecule has 0 aromatic heterocycles. The number of piperidine rings is 1. The van der Waals surface area contributed by atoms with Gasteiger partial charge in [-0.2, -0.15) is 8.42 Å². The van der Waals surface area contributed by atoms with Gasteiger partial charge in [-0.25, -0.2) is 0 Å². The zero-order valence-electron chi connectivity index (χ0n) is 14.5. The fourth-order valence-electron chi connectivity index (χ4n) is 3.54. The molecule has 5 nitrogen and oxygen atoms in total. The largest absolute Gasteiger partial charge is 0.378 e. The number of fused-ring (bicyclic) bond motifs is 1. The summed E-state index contributed by atoms with van der Waals surface area (Å²) in [6.45, 7) is 2.24. The fraction of sp³-hybridized carbons (Fsp3) is 0.350. The summed E-state index contributed by atoms with van der Waals surface area (Å²) in [5.74, 6) is 0.586. The Hall–Kier alpha value is -2.18. The third-order valence-electron chi connectivity index (χ3n) is 4.94. The van der Waals surface area contributed by atoms with Crippen molar-refractivity contribution >= 4 is 15.9 Å². The van der Waals surface area contributed by atoms with Crippen LogP contribution in [0.3, 0.4) is 0 Å². The van der Waals surface area contributed by atoms with Crippen LogP contribution in [0.2, 0.25) is 0 Å². The highest BCUT2D eigenvalue weighted by atomic mass is 32.2. The van der Waals surface area contributed by atoms with Crippen molar-refractivity contribution in [2.75, 3.05) is 19.7 Å². The number of amidine groups is 1. The maximum atomic E-state index is 12.2. The first-order valence-electron chi connectivity index (χ1n) is 8.98. The number of hydrogen-bond acceptors (Lipinski definition) is 4. The van der Waals surface area contributed by atoms with Crippen LogP contribution < -0.4 is 0 Å². The minimum absolute atomic E-state index is 0.226. The zero-order valence-corrected chi connectivity index (χ0v) is 15.4. The number of nitrogens with zero attached hydrogens (tertiary/aromatic N) is 2. The minimum Gasteiger partial charge on any atom is -0.378 e. The van der Waals surface area contributed by atoms with E-state index < -0.39 is 10.0 Å². The molecule has 1 saturated heterocycles. The summed E-state index contributed by atoms with van der Waals surface area (Å²) in [4.78, 5) is 2.39. The summed E-state index contributed by atoms with van der Waals surface area (Å²) in [5.41, 5.74) is 2.00. The van der Waals surface area contributed by atoms with Crippen molar-refractivity contribution in [2.24, 2.45) is 4.40 Å². The third kappa shape index (κ3) is 3.52. The lowest BCUT2D eigenvalue weighted by atomic mass is 10.1. The van der Waals surface area contributed by atoms with Gasteiger partial charge in [0.05, 0.1) is 12.7 Å². The number of ether oxygens (including phenoxy) is 1. The van der Waals surface area contributed by atoms with E-state index in [4.69, 9.17) is 4.74 Å². The molecule has 0 spiro atoms. The first-order chi connectivity index (χ1) is 12.6. The number of rotatable bonds is 4. The van der Waals surface area contributed by atoms with E-state index in [1.807, 2.05) is 30.3 Å². The van der Waals surface area contributed by atoms with Gasteiger partial charge in [0.15, 0.2) is 5.84 Å². The number of benzene rings is 2. The van der Waals surface area contributed by atoms with Crippen LogP contribution in [0.15, 0.2) is 63.9 Å². The van der Waals surface area contributed by atoms with E-state index in [2.05, 4.69) is 21.4 Å². The summed E-state index contributed by atoms with van der Waals surface area (Å²) in [6.07, 6.45) is 2.91. The Balaban J connectivity index is 1.33. The van der Waals surface area contributed by atoms with E-state index >= 15 is 0 Å². The molecule has 2 aromatic rings. The average molecular weight is 370 g/mol. The third-order valence-corrected chi connectivity index (χ3v) is 6.27. The Morgan fingerprint density at radius 3 is 2.46 bits per heavy atom. The molecule has 4 rings (SSSR count). The Morgan fingerprint density at radius 2 is 1.69 bits per heavy atom. The molecule has 1 fully saturated rings. The van der Waals surface area contributed by atoms with Crippen LogP contribution in [0, 0.1) is 0 Å². The minimum atomic E-state index is -3.55. The van der Waals surface area contributed by atoms with Crippen molar-refractivity contribution in [3.05, 3.63) is 65.7 Å². The van der Waals surface area contributed by atoms with Crippen LogP contribution in [0.4, 0.5) is 0 Å². The van der Waals surface area contributed by atoms with Gasteiger partial charge in [-0.15, -0.1) is 4.40 Å². The molecular formula is C20H22N2O3S. The zero-order chi connectivity index (χ0) is 18.0. The molecule has 26 heavy (non-hydrogen) atoms. The predicted molar refractivity (Wildman–Crippen MR) is 101 cm³/mol. The molecule has 0 amide bonds.